The van der Waals surface area contributed by atoms with Crippen LogP contribution in [-0.4, -0.2) is 34.9 Å². The topological polar surface area (TPSA) is 109 Å². The van der Waals surface area contributed by atoms with Gasteiger partial charge < -0.3 is 9.47 Å². The van der Waals surface area contributed by atoms with E-state index in [2.05, 4.69) is 34.2 Å². The van der Waals surface area contributed by atoms with Crippen molar-refractivity contribution in [3.63, 3.8) is 0 Å². The molecule has 292 valence electrons. The molecule has 5 aromatic heterocycles. The average Bonchev–Trinajstić information content (AvgIpc) is 3.36. The van der Waals surface area contributed by atoms with Gasteiger partial charge in [0, 0.05) is 52.6 Å². The molecule has 0 amide bonds. The maximum absolute atomic E-state index is 6.66. The van der Waals surface area contributed by atoms with Gasteiger partial charge >= 0.3 is 0 Å². The standard InChI is InChI=1S/C53H33N7O2/c1-3-11-35(12-4-1)51-58-52(36-13-5-2-6-14-36)60-53(59-51)37-19-17-34(18-20-37)38-23-26-47-48(29-38)62-50-31-42(40-22-25-46(57-33-40)44-16-8-10-28-55-44)41(30-49(50)61-47)39-21-24-45(56-32-39)43-15-7-9-27-54-43/h1-33H. The van der Waals surface area contributed by atoms with E-state index in [1.165, 1.54) is 0 Å². The van der Waals surface area contributed by atoms with E-state index in [-0.39, 0.29) is 0 Å². The second-order valence-electron chi connectivity index (χ2n) is 14.6. The van der Waals surface area contributed by atoms with Crippen LogP contribution in [-0.2, 0) is 0 Å². The van der Waals surface area contributed by atoms with Gasteiger partial charge in [0.2, 0.25) is 0 Å². The van der Waals surface area contributed by atoms with Crippen LogP contribution in [0, 0.1) is 0 Å². The molecule has 5 aromatic carbocycles. The Morgan fingerprint density at radius 1 is 0.274 bits per heavy atom. The van der Waals surface area contributed by atoms with Crippen molar-refractivity contribution in [2.24, 2.45) is 0 Å². The summed E-state index contributed by atoms with van der Waals surface area (Å²) in [6, 6.07) is 57.9. The van der Waals surface area contributed by atoms with Gasteiger partial charge in [0.1, 0.15) is 0 Å². The number of fused-ring (bicyclic) bond motifs is 2. The number of pyridine rings is 4. The third-order valence-electron chi connectivity index (χ3n) is 10.6. The number of hydrogen-bond donors (Lipinski definition) is 0. The number of rotatable bonds is 8. The molecule has 1 aliphatic rings. The number of nitrogens with zero attached hydrogens (tertiary/aromatic N) is 7. The first-order valence-electron chi connectivity index (χ1n) is 20.1. The first kappa shape index (κ1) is 36.4. The van der Waals surface area contributed by atoms with E-state index in [1.807, 2.05) is 164 Å². The van der Waals surface area contributed by atoms with Gasteiger partial charge in [-0.25, -0.2) is 15.0 Å². The number of ether oxygens (including phenoxy) is 2. The molecule has 0 fully saturated rings. The van der Waals surface area contributed by atoms with Crippen molar-refractivity contribution in [2.75, 3.05) is 0 Å². The van der Waals surface area contributed by atoms with Crippen LogP contribution in [0.1, 0.15) is 0 Å². The Bertz CT molecular complexity index is 3130. The number of aromatic nitrogens is 7. The molecule has 0 bridgehead atoms. The van der Waals surface area contributed by atoms with Gasteiger partial charge in [-0.1, -0.05) is 115 Å². The summed E-state index contributed by atoms with van der Waals surface area (Å²) in [7, 11) is 0. The molecular weight excluding hydrogens is 767 g/mol. The molecule has 0 saturated heterocycles. The lowest BCUT2D eigenvalue weighted by atomic mass is 9.94. The van der Waals surface area contributed by atoms with E-state index < -0.39 is 0 Å². The minimum atomic E-state index is 0.592. The Balaban J connectivity index is 0.919. The van der Waals surface area contributed by atoms with E-state index in [9.17, 15) is 0 Å². The normalized spacial score (nSPS) is 11.5. The molecule has 10 aromatic rings. The van der Waals surface area contributed by atoms with Crippen LogP contribution in [0.25, 0.3) is 90.3 Å². The van der Waals surface area contributed by atoms with Crippen molar-refractivity contribution < 1.29 is 9.47 Å². The summed E-state index contributed by atoms with van der Waals surface area (Å²) in [4.78, 5) is 33.2. The van der Waals surface area contributed by atoms with Crippen molar-refractivity contribution in [2.45, 2.75) is 0 Å². The van der Waals surface area contributed by atoms with Crippen LogP contribution in [0.5, 0.6) is 23.0 Å². The fourth-order valence-electron chi connectivity index (χ4n) is 7.47. The third-order valence-corrected chi connectivity index (χ3v) is 10.6. The summed E-state index contributed by atoms with van der Waals surface area (Å²) < 4.78 is 13.2. The molecule has 0 atom stereocenters. The molecule has 0 spiro atoms. The molecule has 9 heteroatoms. The predicted octanol–water partition coefficient (Wildman–Crippen LogP) is 12.7. The Labute approximate surface area is 357 Å². The molecule has 0 N–H and O–H groups in total. The largest absolute Gasteiger partial charge is 0.449 e. The summed E-state index contributed by atoms with van der Waals surface area (Å²) in [5.74, 6) is 4.26. The molecule has 0 radical (unpaired) electrons. The lowest BCUT2D eigenvalue weighted by molar-refractivity contribution is 0.360. The monoisotopic (exact) mass is 799 g/mol. The second-order valence-corrected chi connectivity index (χ2v) is 14.6. The minimum Gasteiger partial charge on any atom is -0.449 e. The fraction of sp³-hybridized carbons (Fsp3) is 0. The summed E-state index contributed by atoms with van der Waals surface area (Å²) in [5, 5.41) is 0. The fourth-order valence-corrected chi connectivity index (χ4v) is 7.47. The van der Waals surface area contributed by atoms with Crippen LogP contribution < -0.4 is 9.47 Å². The summed E-state index contributed by atoms with van der Waals surface area (Å²) in [5.41, 5.74) is 11.5. The highest BCUT2D eigenvalue weighted by molar-refractivity contribution is 5.87. The van der Waals surface area contributed by atoms with Crippen molar-refractivity contribution >= 4 is 0 Å². The molecular formula is C53H33N7O2. The summed E-state index contributed by atoms with van der Waals surface area (Å²) in [6.07, 6.45) is 7.27. The Morgan fingerprint density at radius 2 is 0.677 bits per heavy atom. The highest BCUT2D eigenvalue weighted by Gasteiger charge is 2.24. The Hall–Kier alpha value is -8.69. The SMILES string of the molecule is c1ccc(-c2nc(-c3ccccc3)nc(-c3ccc(-c4ccc5c(c4)Oc4cc(-c6ccc(-c7ccccn7)nc6)c(-c6ccc(-c7ccccn7)nc6)cc4O5)cc3)n2)cc1. The molecule has 11 rings (SSSR count). The summed E-state index contributed by atoms with van der Waals surface area (Å²) >= 11 is 0. The van der Waals surface area contributed by atoms with Crippen molar-refractivity contribution in [3.05, 3.63) is 201 Å². The van der Waals surface area contributed by atoms with Gasteiger partial charge in [-0.15, -0.1) is 0 Å². The van der Waals surface area contributed by atoms with Crippen molar-refractivity contribution in [1.82, 2.24) is 34.9 Å². The van der Waals surface area contributed by atoms with Crippen LogP contribution in [0.15, 0.2) is 201 Å². The molecule has 6 heterocycles. The van der Waals surface area contributed by atoms with Crippen molar-refractivity contribution in [1.29, 1.82) is 0 Å². The predicted molar refractivity (Wildman–Crippen MR) is 241 cm³/mol. The lowest BCUT2D eigenvalue weighted by Crippen LogP contribution is -2.01. The van der Waals surface area contributed by atoms with Gasteiger partial charge in [0.15, 0.2) is 40.5 Å². The van der Waals surface area contributed by atoms with Crippen LogP contribution in [0.2, 0.25) is 0 Å². The van der Waals surface area contributed by atoms with E-state index in [0.29, 0.717) is 40.5 Å². The van der Waals surface area contributed by atoms with Crippen LogP contribution in [0.4, 0.5) is 0 Å². The van der Waals surface area contributed by atoms with E-state index >= 15 is 0 Å². The van der Waals surface area contributed by atoms with Gasteiger partial charge in [-0.3, -0.25) is 19.9 Å². The average molecular weight is 800 g/mol. The number of benzene rings is 5. The zero-order chi connectivity index (χ0) is 41.2. The highest BCUT2D eigenvalue weighted by atomic mass is 16.6. The zero-order valence-electron chi connectivity index (χ0n) is 33.0. The molecule has 0 unspecified atom stereocenters. The minimum absolute atomic E-state index is 0.592. The third kappa shape index (κ3) is 7.20. The smallest absolute Gasteiger partial charge is 0.170 e. The first-order valence-corrected chi connectivity index (χ1v) is 20.1. The van der Waals surface area contributed by atoms with Gasteiger partial charge in [-0.05, 0) is 82.9 Å². The van der Waals surface area contributed by atoms with E-state index in [1.54, 1.807) is 12.4 Å². The molecule has 9 nitrogen and oxygen atoms in total. The molecule has 1 aliphatic heterocycles. The Kier molecular flexibility index (Phi) is 9.28. The first-order chi connectivity index (χ1) is 30.7. The maximum Gasteiger partial charge on any atom is 0.170 e. The highest BCUT2D eigenvalue weighted by Crippen LogP contribution is 2.50. The van der Waals surface area contributed by atoms with Gasteiger partial charge in [0.05, 0.1) is 22.8 Å². The van der Waals surface area contributed by atoms with Gasteiger partial charge in [-0.2, -0.15) is 0 Å². The van der Waals surface area contributed by atoms with Gasteiger partial charge in [0.25, 0.3) is 0 Å². The lowest BCUT2D eigenvalue weighted by Gasteiger charge is -2.23. The second kappa shape index (κ2) is 15.8. The van der Waals surface area contributed by atoms with Crippen molar-refractivity contribution in [3.8, 4) is 113 Å². The maximum atomic E-state index is 6.66. The van der Waals surface area contributed by atoms with E-state index in [0.717, 1.165) is 72.8 Å². The molecule has 62 heavy (non-hydrogen) atoms. The van der Waals surface area contributed by atoms with Crippen LogP contribution in [0.3, 0.4) is 0 Å². The zero-order valence-corrected chi connectivity index (χ0v) is 33.0. The summed E-state index contributed by atoms with van der Waals surface area (Å²) in [6.45, 7) is 0. The molecule has 0 saturated carbocycles. The van der Waals surface area contributed by atoms with Crippen LogP contribution >= 0.6 is 0 Å². The molecule has 0 aliphatic carbocycles. The number of hydrogen-bond acceptors (Lipinski definition) is 9. The Morgan fingerprint density at radius 3 is 1.15 bits per heavy atom. The van der Waals surface area contributed by atoms with E-state index in [4.69, 9.17) is 34.4 Å². The quantitative estimate of drug-likeness (QED) is 0.148.